The lowest BCUT2D eigenvalue weighted by Crippen LogP contribution is -2.27. The van der Waals surface area contributed by atoms with Gasteiger partial charge in [-0.1, -0.05) is 0 Å². The average Bonchev–Trinajstić information content (AvgIpc) is 2.78. The van der Waals surface area contributed by atoms with Gasteiger partial charge >= 0.3 is 5.97 Å². The third-order valence-corrected chi connectivity index (χ3v) is 3.55. The first-order valence-corrected chi connectivity index (χ1v) is 6.63. The molecule has 1 amide bonds. The lowest BCUT2D eigenvalue weighted by molar-refractivity contribution is 0.0695. The SMILES string of the molecule is Cc1c(C(C)NC(=O)c2ccc(C(=O)O)cc2F)cnn1C. The molecule has 0 spiro atoms. The highest BCUT2D eigenvalue weighted by Crippen LogP contribution is 2.18. The van der Waals surface area contributed by atoms with Gasteiger partial charge in [-0.05, 0) is 32.0 Å². The van der Waals surface area contributed by atoms with Crippen LogP contribution in [-0.4, -0.2) is 26.8 Å². The summed E-state index contributed by atoms with van der Waals surface area (Å²) in [5.41, 5.74) is 1.33. The van der Waals surface area contributed by atoms with Crippen LogP contribution < -0.4 is 5.32 Å². The standard InChI is InChI=1S/C15H16FN3O3/c1-8(12-7-17-19(3)9(12)2)18-14(20)11-5-4-10(15(21)22)6-13(11)16/h4-8H,1-3H3,(H,18,20)(H,21,22). The normalized spacial score (nSPS) is 12.0. The molecule has 116 valence electrons. The number of aromatic carboxylic acids is 1. The fourth-order valence-electron chi connectivity index (χ4n) is 2.13. The molecule has 0 aliphatic rings. The van der Waals surface area contributed by atoms with E-state index in [2.05, 4.69) is 10.4 Å². The summed E-state index contributed by atoms with van der Waals surface area (Å²) in [5.74, 6) is -2.72. The minimum atomic E-state index is -1.25. The van der Waals surface area contributed by atoms with Crippen LogP contribution in [0.15, 0.2) is 24.4 Å². The van der Waals surface area contributed by atoms with Gasteiger partial charge in [0, 0.05) is 18.3 Å². The summed E-state index contributed by atoms with van der Waals surface area (Å²) in [6.45, 7) is 3.64. The van der Waals surface area contributed by atoms with E-state index in [1.54, 1.807) is 24.9 Å². The van der Waals surface area contributed by atoms with Crippen LogP contribution in [0.25, 0.3) is 0 Å². The van der Waals surface area contributed by atoms with Crippen molar-refractivity contribution < 1.29 is 19.1 Å². The van der Waals surface area contributed by atoms with E-state index < -0.39 is 17.7 Å². The van der Waals surface area contributed by atoms with E-state index in [1.807, 2.05) is 6.92 Å². The number of hydrogen-bond donors (Lipinski definition) is 2. The maximum atomic E-state index is 13.9. The Labute approximate surface area is 126 Å². The molecule has 1 atom stereocenters. The molecule has 0 aliphatic heterocycles. The lowest BCUT2D eigenvalue weighted by Gasteiger charge is -2.14. The zero-order chi connectivity index (χ0) is 16.4. The summed E-state index contributed by atoms with van der Waals surface area (Å²) in [5, 5.41) is 15.6. The number of aromatic nitrogens is 2. The number of benzene rings is 1. The number of nitrogens with zero attached hydrogens (tertiary/aromatic N) is 2. The van der Waals surface area contributed by atoms with Gasteiger partial charge in [0.15, 0.2) is 0 Å². The number of amides is 1. The van der Waals surface area contributed by atoms with E-state index in [0.717, 1.165) is 23.4 Å². The van der Waals surface area contributed by atoms with Crippen molar-refractivity contribution in [3.63, 3.8) is 0 Å². The number of carbonyl (C=O) groups is 2. The second kappa shape index (κ2) is 5.97. The smallest absolute Gasteiger partial charge is 0.335 e. The highest BCUT2D eigenvalue weighted by Gasteiger charge is 2.19. The fraction of sp³-hybridized carbons (Fsp3) is 0.267. The highest BCUT2D eigenvalue weighted by molar-refractivity contribution is 5.96. The topological polar surface area (TPSA) is 84.2 Å². The molecule has 1 aromatic carbocycles. The maximum absolute atomic E-state index is 13.9. The van der Waals surface area contributed by atoms with Gasteiger partial charge in [0.25, 0.3) is 5.91 Å². The van der Waals surface area contributed by atoms with Crippen molar-refractivity contribution >= 4 is 11.9 Å². The van der Waals surface area contributed by atoms with Crippen molar-refractivity contribution in [1.82, 2.24) is 15.1 Å². The minimum Gasteiger partial charge on any atom is -0.478 e. The van der Waals surface area contributed by atoms with Crippen LogP contribution in [0.1, 0.15) is 44.9 Å². The molecule has 0 fully saturated rings. The molecule has 2 N–H and O–H groups in total. The molecule has 0 aliphatic carbocycles. The van der Waals surface area contributed by atoms with Crippen LogP contribution in [0.2, 0.25) is 0 Å². The predicted molar refractivity (Wildman–Crippen MR) is 77.2 cm³/mol. The Morgan fingerprint density at radius 1 is 1.41 bits per heavy atom. The van der Waals surface area contributed by atoms with E-state index in [0.29, 0.717) is 0 Å². The molecule has 0 radical (unpaired) electrons. The van der Waals surface area contributed by atoms with E-state index in [4.69, 9.17) is 5.11 Å². The van der Waals surface area contributed by atoms with Gasteiger partial charge in [0.2, 0.25) is 0 Å². The number of carboxylic acids is 1. The Bertz CT molecular complexity index is 740. The first-order chi connectivity index (χ1) is 10.3. The van der Waals surface area contributed by atoms with Crippen molar-refractivity contribution in [3.05, 3.63) is 52.6 Å². The minimum absolute atomic E-state index is 0.196. The van der Waals surface area contributed by atoms with Gasteiger partial charge in [-0.2, -0.15) is 5.10 Å². The highest BCUT2D eigenvalue weighted by atomic mass is 19.1. The Balaban J connectivity index is 2.19. The van der Waals surface area contributed by atoms with E-state index in [9.17, 15) is 14.0 Å². The zero-order valence-electron chi connectivity index (χ0n) is 12.4. The van der Waals surface area contributed by atoms with Gasteiger partial charge in [0.1, 0.15) is 5.82 Å². The van der Waals surface area contributed by atoms with E-state index in [1.165, 1.54) is 6.07 Å². The van der Waals surface area contributed by atoms with Crippen LogP contribution in [0, 0.1) is 12.7 Å². The molecule has 22 heavy (non-hydrogen) atoms. The molecule has 1 aromatic heterocycles. The van der Waals surface area contributed by atoms with Gasteiger partial charge in [0.05, 0.1) is 23.4 Å². The summed E-state index contributed by atoms with van der Waals surface area (Å²) in [4.78, 5) is 22.9. The third-order valence-electron chi connectivity index (χ3n) is 3.55. The first kappa shape index (κ1) is 15.7. The van der Waals surface area contributed by atoms with Gasteiger partial charge in [-0.25, -0.2) is 9.18 Å². The molecule has 1 heterocycles. The monoisotopic (exact) mass is 305 g/mol. The lowest BCUT2D eigenvalue weighted by atomic mass is 10.1. The maximum Gasteiger partial charge on any atom is 0.335 e. The second-order valence-corrected chi connectivity index (χ2v) is 5.00. The molecule has 6 nitrogen and oxygen atoms in total. The van der Waals surface area contributed by atoms with Crippen molar-refractivity contribution in [2.45, 2.75) is 19.9 Å². The number of carbonyl (C=O) groups excluding carboxylic acids is 1. The van der Waals surface area contributed by atoms with Gasteiger partial charge in [-0.15, -0.1) is 0 Å². The number of carboxylic acid groups (broad SMARTS) is 1. The Morgan fingerprint density at radius 3 is 2.59 bits per heavy atom. The Morgan fingerprint density at radius 2 is 2.09 bits per heavy atom. The van der Waals surface area contributed by atoms with Crippen molar-refractivity contribution in [2.75, 3.05) is 0 Å². The van der Waals surface area contributed by atoms with Crippen LogP contribution in [0.4, 0.5) is 4.39 Å². The van der Waals surface area contributed by atoms with Crippen LogP contribution >= 0.6 is 0 Å². The zero-order valence-corrected chi connectivity index (χ0v) is 12.4. The molecular weight excluding hydrogens is 289 g/mol. The van der Waals surface area contributed by atoms with Crippen LogP contribution in [-0.2, 0) is 7.05 Å². The average molecular weight is 305 g/mol. The number of hydrogen-bond acceptors (Lipinski definition) is 3. The first-order valence-electron chi connectivity index (χ1n) is 6.63. The number of nitrogens with one attached hydrogen (secondary N) is 1. The number of aryl methyl sites for hydroxylation is 1. The van der Waals surface area contributed by atoms with E-state index in [-0.39, 0.29) is 17.2 Å². The van der Waals surface area contributed by atoms with E-state index >= 15 is 0 Å². The quantitative estimate of drug-likeness (QED) is 0.905. The number of rotatable bonds is 4. The second-order valence-electron chi connectivity index (χ2n) is 5.00. The van der Waals surface area contributed by atoms with Gasteiger partial charge < -0.3 is 10.4 Å². The van der Waals surface area contributed by atoms with Crippen molar-refractivity contribution in [1.29, 1.82) is 0 Å². The summed E-state index contributed by atoms with van der Waals surface area (Å²) in [6, 6.07) is 2.84. The fourth-order valence-corrected chi connectivity index (χ4v) is 2.13. The summed E-state index contributed by atoms with van der Waals surface area (Å²) in [6.07, 6.45) is 1.64. The predicted octanol–water partition coefficient (Wildman–Crippen LogP) is 2.06. The Hall–Kier alpha value is -2.70. The Kier molecular flexibility index (Phi) is 4.25. The van der Waals surface area contributed by atoms with Crippen LogP contribution in [0.5, 0.6) is 0 Å². The molecule has 0 saturated carbocycles. The van der Waals surface area contributed by atoms with Crippen LogP contribution in [0.3, 0.4) is 0 Å². The molecule has 0 bridgehead atoms. The summed E-state index contributed by atoms with van der Waals surface area (Å²) < 4.78 is 15.5. The van der Waals surface area contributed by atoms with Crippen molar-refractivity contribution in [3.8, 4) is 0 Å². The largest absolute Gasteiger partial charge is 0.478 e. The number of halogens is 1. The molecule has 2 rings (SSSR count). The molecule has 2 aromatic rings. The van der Waals surface area contributed by atoms with Crippen molar-refractivity contribution in [2.24, 2.45) is 7.05 Å². The molecule has 0 saturated heterocycles. The third kappa shape index (κ3) is 2.98. The molecule has 1 unspecified atom stereocenters. The molecule has 7 heteroatoms. The molecular formula is C15H16FN3O3. The summed E-state index contributed by atoms with van der Waals surface area (Å²) >= 11 is 0. The van der Waals surface area contributed by atoms with Gasteiger partial charge in [-0.3, -0.25) is 9.48 Å². The summed E-state index contributed by atoms with van der Waals surface area (Å²) in [7, 11) is 1.79.